The number of sulfone groups is 1. The first-order chi connectivity index (χ1) is 14.4. The predicted octanol–water partition coefficient (Wildman–Crippen LogP) is 4.10. The van der Waals surface area contributed by atoms with Gasteiger partial charge in [-0.1, -0.05) is 31.2 Å². The maximum absolute atomic E-state index is 13.0. The van der Waals surface area contributed by atoms with Gasteiger partial charge in [0.1, 0.15) is 5.75 Å². The molecule has 0 bridgehead atoms. The average molecular weight is 421 g/mol. The minimum absolute atomic E-state index is 0.0432. The molecule has 0 aliphatic carbocycles. The van der Waals surface area contributed by atoms with Crippen LogP contribution in [0.25, 0.3) is 0 Å². The smallest absolute Gasteiger partial charge is 0.255 e. The molecular formula is C23H19NO5S. The lowest BCUT2D eigenvalue weighted by molar-refractivity contribution is 0.101. The van der Waals surface area contributed by atoms with E-state index in [-0.39, 0.29) is 32.3 Å². The first kappa shape index (κ1) is 19.8. The molecule has 1 amide bonds. The van der Waals surface area contributed by atoms with E-state index in [4.69, 9.17) is 4.74 Å². The van der Waals surface area contributed by atoms with E-state index >= 15 is 0 Å². The largest absolute Gasteiger partial charge is 0.491 e. The zero-order valence-electron chi connectivity index (χ0n) is 16.2. The second kappa shape index (κ2) is 7.76. The minimum atomic E-state index is -3.91. The van der Waals surface area contributed by atoms with Gasteiger partial charge < -0.3 is 10.1 Å². The number of rotatable bonds is 5. The van der Waals surface area contributed by atoms with E-state index < -0.39 is 15.7 Å². The van der Waals surface area contributed by atoms with Crippen molar-refractivity contribution < 1.29 is 22.7 Å². The van der Waals surface area contributed by atoms with Crippen LogP contribution in [-0.2, 0) is 9.84 Å². The number of fused-ring (bicyclic) bond motifs is 2. The van der Waals surface area contributed by atoms with Crippen LogP contribution < -0.4 is 10.1 Å². The van der Waals surface area contributed by atoms with Gasteiger partial charge in [0, 0.05) is 16.7 Å². The molecule has 0 saturated carbocycles. The fraction of sp³-hybridized carbons (Fsp3) is 0.130. The van der Waals surface area contributed by atoms with Gasteiger partial charge in [0.2, 0.25) is 9.84 Å². The van der Waals surface area contributed by atoms with Crippen LogP contribution in [-0.4, -0.2) is 26.7 Å². The number of nitrogens with one attached hydrogen (secondary N) is 1. The third-order valence-electron chi connectivity index (χ3n) is 4.80. The molecule has 7 heteroatoms. The quantitative estimate of drug-likeness (QED) is 0.524. The fourth-order valence-electron chi connectivity index (χ4n) is 3.33. The summed E-state index contributed by atoms with van der Waals surface area (Å²) in [6.45, 7) is 2.49. The molecule has 0 radical (unpaired) electrons. The number of hydrogen-bond acceptors (Lipinski definition) is 5. The summed E-state index contributed by atoms with van der Waals surface area (Å²) in [5.41, 5.74) is 0.828. The molecule has 30 heavy (non-hydrogen) atoms. The lowest BCUT2D eigenvalue weighted by atomic mass is 10.0. The lowest BCUT2D eigenvalue weighted by Gasteiger charge is -2.19. The second-order valence-electron chi connectivity index (χ2n) is 6.84. The molecule has 3 aromatic carbocycles. The number of carbonyl (C=O) groups excluding carboxylic acids is 2. The highest BCUT2D eigenvalue weighted by Gasteiger charge is 2.35. The molecule has 152 valence electrons. The van der Waals surface area contributed by atoms with Gasteiger partial charge >= 0.3 is 0 Å². The molecular weight excluding hydrogens is 402 g/mol. The zero-order valence-corrected chi connectivity index (χ0v) is 17.0. The minimum Gasteiger partial charge on any atom is -0.491 e. The van der Waals surface area contributed by atoms with Gasteiger partial charge in [0.15, 0.2) is 5.78 Å². The van der Waals surface area contributed by atoms with Crippen molar-refractivity contribution in [2.24, 2.45) is 0 Å². The maximum Gasteiger partial charge on any atom is 0.255 e. The van der Waals surface area contributed by atoms with Crippen LogP contribution in [0.3, 0.4) is 0 Å². The van der Waals surface area contributed by atoms with Crippen LogP contribution in [0.5, 0.6) is 5.75 Å². The standard InChI is InChI=1S/C23H19NO5S/c1-2-13-29-19-9-5-4-8-18(19)24-23(26)15-11-12-17-21(14-15)30(27,28)20-10-6-3-7-16(20)22(17)25/h3-12,14H,2,13H2,1H3,(H,24,26). The van der Waals surface area contributed by atoms with Gasteiger partial charge in [-0.05, 0) is 48.9 Å². The summed E-state index contributed by atoms with van der Waals surface area (Å²) in [7, 11) is -3.91. The number of hydrogen-bond donors (Lipinski definition) is 1. The lowest BCUT2D eigenvalue weighted by Crippen LogP contribution is -2.21. The average Bonchev–Trinajstić information content (AvgIpc) is 2.77. The Kier molecular flexibility index (Phi) is 5.13. The molecule has 0 saturated heterocycles. The van der Waals surface area contributed by atoms with Gasteiger partial charge in [-0.15, -0.1) is 0 Å². The van der Waals surface area contributed by atoms with Crippen molar-refractivity contribution in [1.29, 1.82) is 0 Å². The number of amides is 1. The van der Waals surface area contributed by atoms with E-state index in [1.54, 1.807) is 36.4 Å². The summed E-state index contributed by atoms with van der Waals surface area (Å²) in [5, 5.41) is 2.76. The van der Waals surface area contributed by atoms with Crippen LogP contribution >= 0.6 is 0 Å². The highest BCUT2D eigenvalue weighted by molar-refractivity contribution is 7.91. The molecule has 0 atom stereocenters. The molecule has 1 N–H and O–H groups in total. The monoisotopic (exact) mass is 421 g/mol. The Morgan fingerprint density at radius 1 is 0.933 bits per heavy atom. The zero-order chi connectivity index (χ0) is 21.3. The Labute approximate surface area is 174 Å². The number of ether oxygens (including phenoxy) is 1. The molecule has 4 rings (SSSR count). The van der Waals surface area contributed by atoms with Gasteiger partial charge in [-0.3, -0.25) is 9.59 Å². The number of ketones is 1. The van der Waals surface area contributed by atoms with Crippen LogP contribution in [0.2, 0.25) is 0 Å². The number of para-hydroxylation sites is 2. The fourth-order valence-corrected chi connectivity index (χ4v) is 5.01. The summed E-state index contributed by atoms with van der Waals surface area (Å²) in [4.78, 5) is 25.3. The second-order valence-corrected chi connectivity index (χ2v) is 8.72. The van der Waals surface area contributed by atoms with E-state index in [9.17, 15) is 18.0 Å². The van der Waals surface area contributed by atoms with Gasteiger partial charge in [0.25, 0.3) is 5.91 Å². The van der Waals surface area contributed by atoms with Crippen molar-refractivity contribution in [2.75, 3.05) is 11.9 Å². The van der Waals surface area contributed by atoms with Crippen LogP contribution in [0.4, 0.5) is 5.69 Å². The van der Waals surface area contributed by atoms with Gasteiger partial charge in [-0.25, -0.2) is 8.42 Å². The van der Waals surface area contributed by atoms with Crippen molar-refractivity contribution >= 4 is 27.2 Å². The molecule has 0 spiro atoms. The third-order valence-corrected chi connectivity index (χ3v) is 6.65. The Morgan fingerprint density at radius 2 is 1.63 bits per heavy atom. The van der Waals surface area contributed by atoms with E-state index in [0.717, 1.165) is 6.42 Å². The molecule has 6 nitrogen and oxygen atoms in total. The van der Waals surface area contributed by atoms with Crippen LogP contribution in [0, 0.1) is 0 Å². The summed E-state index contributed by atoms with van der Waals surface area (Å²) in [6, 6.07) is 17.2. The Balaban J connectivity index is 1.70. The van der Waals surface area contributed by atoms with Crippen LogP contribution in [0.15, 0.2) is 76.5 Å². The topological polar surface area (TPSA) is 89.5 Å². The molecule has 0 unspecified atom stereocenters. The van der Waals surface area contributed by atoms with Gasteiger partial charge in [0.05, 0.1) is 22.1 Å². The van der Waals surface area contributed by atoms with Crippen molar-refractivity contribution in [3.8, 4) is 5.75 Å². The van der Waals surface area contributed by atoms with Crippen molar-refractivity contribution in [3.63, 3.8) is 0 Å². The summed E-state index contributed by atoms with van der Waals surface area (Å²) < 4.78 is 31.7. The Morgan fingerprint density at radius 3 is 2.43 bits per heavy atom. The highest BCUT2D eigenvalue weighted by Crippen LogP contribution is 2.35. The first-order valence-corrected chi connectivity index (χ1v) is 11.0. The maximum atomic E-state index is 13.0. The van der Waals surface area contributed by atoms with Crippen LogP contribution in [0.1, 0.15) is 39.6 Å². The Hall–Kier alpha value is -3.45. The van der Waals surface area contributed by atoms with E-state index in [2.05, 4.69) is 5.32 Å². The Bertz CT molecular complexity index is 1260. The van der Waals surface area contributed by atoms with E-state index in [1.807, 2.05) is 6.92 Å². The summed E-state index contributed by atoms with van der Waals surface area (Å²) in [5.74, 6) is -0.338. The predicted molar refractivity (Wildman–Crippen MR) is 112 cm³/mol. The number of carbonyl (C=O) groups is 2. The van der Waals surface area contributed by atoms with Crippen molar-refractivity contribution in [2.45, 2.75) is 23.1 Å². The van der Waals surface area contributed by atoms with Gasteiger partial charge in [-0.2, -0.15) is 0 Å². The molecule has 1 heterocycles. The first-order valence-electron chi connectivity index (χ1n) is 9.49. The number of anilines is 1. The highest BCUT2D eigenvalue weighted by atomic mass is 32.2. The molecule has 0 fully saturated rings. The van der Waals surface area contributed by atoms with Crippen molar-refractivity contribution in [1.82, 2.24) is 0 Å². The third kappa shape index (κ3) is 3.37. The molecule has 1 aliphatic heterocycles. The summed E-state index contributed by atoms with van der Waals surface area (Å²) >= 11 is 0. The molecule has 0 aromatic heterocycles. The molecule has 1 aliphatic rings. The SMILES string of the molecule is CCCOc1ccccc1NC(=O)c1ccc2c(c1)S(=O)(=O)c1ccccc1C2=O. The summed E-state index contributed by atoms with van der Waals surface area (Å²) in [6.07, 6.45) is 0.820. The number of benzene rings is 3. The van der Waals surface area contributed by atoms with E-state index in [0.29, 0.717) is 18.0 Å². The normalized spacial score (nSPS) is 13.8. The van der Waals surface area contributed by atoms with E-state index in [1.165, 1.54) is 30.3 Å². The molecule has 3 aromatic rings. The van der Waals surface area contributed by atoms with Crippen molar-refractivity contribution in [3.05, 3.63) is 83.4 Å².